The van der Waals surface area contributed by atoms with E-state index in [2.05, 4.69) is 13.8 Å². The van der Waals surface area contributed by atoms with E-state index in [1.54, 1.807) is 0 Å². The normalized spacial score (nSPS) is 14.2. The average molecular weight is 235 g/mol. The van der Waals surface area contributed by atoms with Crippen LogP contribution in [0.5, 0.6) is 0 Å². The first-order valence-electron chi connectivity index (χ1n) is 5.79. The van der Waals surface area contributed by atoms with Gasteiger partial charge in [-0.05, 0) is 19.3 Å². The van der Waals surface area contributed by atoms with Gasteiger partial charge in [-0.1, -0.05) is 20.8 Å². The van der Waals surface area contributed by atoms with Gasteiger partial charge in [-0.25, -0.2) is 0 Å². The smallest absolute Gasteiger partial charge is 0.374 e. The first-order chi connectivity index (χ1) is 7.08. The highest BCUT2D eigenvalue weighted by Crippen LogP contribution is 2.12. The molecular weight excluding hydrogens is 210 g/mol. The molecule has 0 aromatic carbocycles. The van der Waals surface area contributed by atoms with Crippen molar-refractivity contribution in [2.24, 2.45) is 5.73 Å². The molecule has 4 nitrogen and oxygen atoms in total. The van der Waals surface area contributed by atoms with Crippen LogP contribution in [-0.4, -0.2) is 28.2 Å². The van der Waals surface area contributed by atoms with Crippen LogP contribution < -0.4 is 5.73 Å². The van der Waals surface area contributed by atoms with Crippen LogP contribution in [0, 0.1) is 0 Å². The molecule has 0 saturated heterocycles. The van der Waals surface area contributed by atoms with Gasteiger partial charge in [0.15, 0.2) is 0 Å². The van der Waals surface area contributed by atoms with Crippen molar-refractivity contribution >= 4 is 8.80 Å². The Morgan fingerprint density at radius 1 is 1.07 bits per heavy atom. The third-order valence-electron chi connectivity index (χ3n) is 1.90. The maximum absolute atomic E-state index is 5.76. The molecular formula is C10H25NO3Si. The van der Waals surface area contributed by atoms with Crippen LogP contribution >= 0.6 is 0 Å². The zero-order valence-corrected chi connectivity index (χ0v) is 11.4. The second kappa shape index (κ2) is 8.24. The fourth-order valence-electron chi connectivity index (χ4n) is 1.04. The number of nitrogens with two attached hydrogens (primary N) is 1. The van der Waals surface area contributed by atoms with Crippen molar-refractivity contribution in [3.8, 4) is 0 Å². The summed E-state index contributed by atoms with van der Waals surface area (Å²) in [5.74, 6) is 0. The summed E-state index contributed by atoms with van der Waals surface area (Å²) in [7, 11) is -2.50. The van der Waals surface area contributed by atoms with Gasteiger partial charge in [0, 0.05) is 19.8 Å². The highest BCUT2D eigenvalue weighted by Gasteiger charge is 2.36. The quantitative estimate of drug-likeness (QED) is 0.491. The summed E-state index contributed by atoms with van der Waals surface area (Å²) in [6.45, 7) is 9.36. The van der Waals surface area contributed by atoms with Gasteiger partial charge in [-0.2, -0.15) is 0 Å². The Morgan fingerprint density at radius 2 is 1.53 bits per heavy atom. The van der Waals surface area contributed by atoms with Crippen molar-refractivity contribution in [1.82, 2.24) is 0 Å². The van der Waals surface area contributed by atoms with E-state index in [0.717, 1.165) is 19.3 Å². The van der Waals surface area contributed by atoms with Crippen molar-refractivity contribution in [2.45, 2.75) is 52.8 Å². The molecule has 0 aliphatic heterocycles. The molecule has 92 valence electrons. The molecule has 0 amide bonds. The van der Waals surface area contributed by atoms with Gasteiger partial charge >= 0.3 is 8.80 Å². The van der Waals surface area contributed by atoms with Gasteiger partial charge in [0.2, 0.25) is 0 Å². The van der Waals surface area contributed by atoms with Crippen LogP contribution in [0.15, 0.2) is 0 Å². The molecule has 1 atom stereocenters. The van der Waals surface area contributed by atoms with Crippen LogP contribution in [0.4, 0.5) is 0 Å². The standard InChI is InChI=1S/C10H25NO3Si/c1-5-8-12-15(4,13-9-6-2)14-10(11)7-3/h10H,5-9,11H2,1-4H3. The lowest BCUT2D eigenvalue weighted by Gasteiger charge is -2.28. The summed E-state index contributed by atoms with van der Waals surface area (Å²) in [4.78, 5) is 0. The van der Waals surface area contributed by atoms with E-state index in [1.807, 2.05) is 13.5 Å². The highest BCUT2D eigenvalue weighted by molar-refractivity contribution is 6.59. The Morgan fingerprint density at radius 3 is 1.87 bits per heavy atom. The molecule has 0 rings (SSSR count). The molecule has 0 spiro atoms. The van der Waals surface area contributed by atoms with Crippen LogP contribution in [-0.2, 0) is 13.3 Å². The third kappa shape index (κ3) is 7.02. The minimum absolute atomic E-state index is 0.282. The third-order valence-corrected chi connectivity index (χ3v) is 4.09. The highest BCUT2D eigenvalue weighted by atomic mass is 28.4. The van der Waals surface area contributed by atoms with Crippen molar-refractivity contribution in [2.75, 3.05) is 13.2 Å². The molecule has 0 radical (unpaired) electrons. The Hall–Kier alpha value is 0.0569. The molecule has 0 aliphatic carbocycles. The fraction of sp³-hybridized carbons (Fsp3) is 1.00. The molecule has 15 heavy (non-hydrogen) atoms. The van der Waals surface area contributed by atoms with Crippen LogP contribution in [0.1, 0.15) is 40.0 Å². The van der Waals surface area contributed by atoms with E-state index in [-0.39, 0.29) is 6.23 Å². The molecule has 0 bridgehead atoms. The summed E-state index contributed by atoms with van der Waals surface area (Å²) < 4.78 is 17.0. The van der Waals surface area contributed by atoms with Crippen LogP contribution in [0.25, 0.3) is 0 Å². The van der Waals surface area contributed by atoms with E-state index in [0.29, 0.717) is 13.2 Å². The summed E-state index contributed by atoms with van der Waals surface area (Å²) >= 11 is 0. The lowest BCUT2D eigenvalue weighted by atomic mass is 10.5. The summed E-state index contributed by atoms with van der Waals surface area (Å²) in [5, 5.41) is 0. The van der Waals surface area contributed by atoms with Gasteiger partial charge in [-0.3, -0.25) is 0 Å². The van der Waals surface area contributed by atoms with Gasteiger partial charge in [0.25, 0.3) is 0 Å². The Labute approximate surface area is 94.5 Å². The van der Waals surface area contributed by atoms with Gasteiger partial charge in [-0.15, -0.1) is 0 Å². The minimum atomic E-state index is -2.50. The van der Waals surface area contributed by atoms with E-state index < -0.39 is 8.80 Å². The van der Waals surface area contributed by atoms with Crippen molar-refractivity contribution < 1.29 is 13.3 Å². The van der Waals surface area contributed by atoms with Crippen molar-refractivity contribution in [3.63, 3.8) is 0 Å². The molecule has 1 unspecified atom stereocenters. The Balaban J connectivity index is 4.12. The maximum atomic E-state index is 5.76. The second-order valence-corrected chi connectivity index (χ2v) is 6.16. The second-order valence-electron chi connectivity index (χ2n) is 3.62. The minimum Gasteiger partial charge on any atom is -0.374 e. The predicted molar refractivity (Wildman–Crippen MR) is 63.5 cm³/mol. The summed E-state index contributed by atoms with van der Waals surface area (Å²) in [6.07, 6.45) is 2.41. The molecule has 0 aromatic heterocycles. The zero-order valence-electron chi connectivity index (χ0n) is 10.4. The zero-order chi connectivity index (χ0) is 11.7. The summed E-state index contributed by atoms with van der Waals surface area (Å²) in [5.41, 5.74) is 5.76. The molecule has 5 heteroatoms. The fourth-order valence-corrected chi connectivity index (χ4v) is 3.13. The Bertz CT molecular complexity index is 150. The molecule has 2 N–H and O–H groups in total. The van der Waals surface area contributed by atoms with E-state index in [1.165, 1.54) is 0 Å². The Kier molecular flexibility index (Phi) is 8.27. The average Bonchev–Trinajstić information content (AvgIpc) is 2.23. The SMILES string of the molecule is CCCO[Si](C)(OCCC)OC(N)CC. The number of hydrogen-bond donors (Lipinski definition) is 1. The van der Waals surface area contributed by atoms with Gasteiger partial charge in [0.1, 0.15) is 0 Å². The first kappa shape index (κ1) is 15.1. The monoisotopic (exact) mass is 235 g/mol. The molecule has 0 saturated carbocycles. The molecule has 0 aliphatic rings. The predicted octanol–water partition coefficient (Wildman–Crippen LogP) is 2.12. The number of hydrogen-bond acceptors (Lipinski definition) is 4. The van der Waals surface area contributed by atoms with Gasteiger partial charge in [0.05, 0.1) is 6.23 Å². The molecule has 0 heterocycles. The van der Waals surface area contributed by atoms with Crippen LogP contribution in [0.3, 0.4) is 0 Å². The molecule has 0 fully saturated rings. The van der Waals surface area contributed by atoms with E-state index >= 15 is 0 Å². The van der Waals surface area contributed by atoms with Gasteiger partial charge < -0.3 is 19.0 Å². The first-order valence-corrected chi connectivity index (χ1v) is 8.01. The van der Waals surface area contributed by atoms with E-state index in [9.17, 15) is 0 Å². The topological polar surface area (TPSA) is 53.7 Å². The summed E-state index contributed by atoms with van der Waals surface area (Å²) in [6, 6.07) is 0. The maximum Gasteiger partial charge on any atom is 0.498 e. The lowest BCUT2D eigenvalue weighted by molar-refractivity contribution is 0.0330. The number of rotatable bonds is 9. The molecule has 0 aromatic rings. The van der Waals surface area contributed by atoms with E-state index in [4.69, 9.17) is 19.0 Å². The lowest BCUT2D eigenvalue weighted by Crippen LogP contribution is -2.48. The van der Waals surface area contributed by atoms with Crippen molar-refractivity contribution in [1.29, 1.82) is 0 Å². The largest absolute Gasteiger partial charge is 0.498 e. The van der Waals surface area contributed by atoms with Crippen molar-refractivity contribution in [3.05, 3.63) is 0 Å². The van der Waals surface area contributed by atoms with Crippen LogP contribution in [0.2, 0.25) is 6.55 Å².